The smallest absolute Gasteiger partial charge is 0.181 e. The molecule has 0 radical (unpaired) electrons. The topological polar surface area (TPSA) is 50.8 Å². The molecule has 1 aromatic carbocycles. The van der Waals surface area contributed by atoms with E-state index < -0.39 is 0 Å². The summed E-state index contributed by atoms with van der Waals surface area (Å²) in [5, 5.41) is 7.29. The molecule has 4 heteroatoms. The minimum atomic E-state index is -0.00646. The summed E-state index contributed by atoms with van der Waals surface area (Å²) in [6, 6.07) is 10.0. The lowest BCUT2D eigenvalue weighted by atomic mass is 9.77. The molecule has 1 N–H and O–H groups in total. The Bertz CT molecular complexity index is 511. The first-order valence-electron chi connectivity index (χ1n) is 6.33. The van der Waals surface area contributed by atoms with Crippen molar-refractivity contribution in [1.29, 1.82) is 0 Å². The van der Waals surface area contributed by atoms with Crippen molar-refractivity contribution in [2.24, 2.45) is 0 Å². The van der Waals surface area contributed by atoms with Crippen LogP contribution in [-0.2, 0) is 11.2 Å². The lowest BCUT2D eigenvalue weighted by Crippen LogP contribution is -2.41. The number of benzene rings is 1. The fraction of sp³-hybridized carbons (Fsp3) is 0.429. The van der Waals surface area contributed by atoms with Gasteiger partial charge in [-0.3, -0.25) is 5.10 Å². The number of aromatic nitrogens is 3. The number of H-pyrrole nitrogens is 1. The SMILES string of the molecule is COC1(Cc2nc(-c3ccccc3)n[nH]2)CCC1. The largest absolute Gasteiger partial charge is 0.378 e. The monoisotopic (exact) mass is 243 g/mol. The van der Waals surface area contributed by atoms with Crippen LogP contribution in [0.5, 0.6) is 0 Å². The van der Waals surface area contributed by atoms with Crippen LogP contribution in [-0.4, -0.2) is 27.9 Å². The first kappa shape index (κ1) is 11.4. The first-order chi connectivity index (χ1) is 8.81. The molecule has 1 aliphatic rings. The molecule has 2 aromatic rings. The number of nitrogens with one attached hydrogen (secondary N) is 1. The number of hydrogen-bond donors (Lipinski definition) is 1. The molecular formula is C14H17N3O. The van der Waals surface area contributed by atoms with E-state index in [2.05, 4.69) is 15.2 Å². The summed E-state index contributed by atoms with van der Waals surface area (Å²) in [5.41, 5.74) is 1.04. The molecule has 0 amide bonds. The molecule has 0 unspecified atom stereocenters. The molecule has 0 saturated heterocycles. The van der Waals surface area contributed by atoms with Crippen LogP contribution in [0.3, 0.4) is 0 Å². The van der Waals surface area contributed by atoms with Gasteiger partial charge >= 0.3 is 0 Å². The Kier molecular flexibility index (Phi) is 2.88. The maximum absolute atomic E-state index is 5.60. The van der Waals surface area contributed by atoms with Crippen LogP contribution in [0, 0.1) is 0 Å². The van der Waals surface area contributed by atoms with Gasteiger partial charge in [-0.1, -0.05) is 30.3 Å². The number of aromatic amines is 1. The van der Waals surface area contributed by atoms with Crippen molar-refractivity contribution in [3.63, 3.8) is 0 Å². The average Bonchev–Trinajstić information content (AvgIpc) is 2.83. The van der Waals surface area contributed by atoms with Crippen molar-refractivity contribution >= 4 is 0 Å². The molecule has 0 bridgehead atoms. The molecule has 0 aliphatic heterocycles. The van der Waals surface area contributed by atoms with Crippen molar-refractivity contribution < 1.29 is 4.74 Å². The Labute approximate surface area is 106 Å². The molecule has 1 fully saturated rings. The maximum Gasteiger partial charge on any atom is 0.181 e. The van der Waals surface area contributed by atoms with E-state index in [9.17, 15) is 0 Å². The zero-order valence-corrected chi connectivity index (χ0v) is 10.5. The zero-order chi connectivity index (χ0) is 12.4. The van der Waals surface area contributed by atoms with E-state index in [0.717, 1.165) is 36.5 Å². The van der Waals surface area contributed by atoms with E-state index in [1.165, 1.54) is 6.42 Å². The normalized spacial score (nSPS) is 17.4. The molecule has 4 nitrogen and oxygen atoms in total. The quantitative estimate of drug-likeness (QED) is 0.898. The van der Waals surface area contributed by atoms with Gasteiger partial charge in [-0.2, -0.15) is 5.10 Å². The predicted molar refractivity (Wildman–Crippen MR) is 69.1 cm³/mol. The molecule has 18 heavy (non-hydrogen) atoms. The summed E-state index contributed by atoms with van der Waals surface area (Å²) in [7, 11) is 1.79. The van der Waals surface area contributed by atoms with E-state index >= 15 is 0 Å². The summed E-state index contributed by atoms with van der Waals surface area (Å²) < 4.78 is 5.60. The maximum atomic E-state index is 5.60. The Morgan fingerprint density at radius 2 is 2.06 bits per heavy atom. The van der Waals surface area contributed by atoms with Crippen LogP contribution in [0.25, 0.3) is 11.4 Å². The third kappa shape index (κ3) is 2.04. The van der Waals surface area contributed by atoms with Crippen LogP contribution in [0.4, 0.5) is 0 Å². The van der Waals surface area contributed by atoms with Crippen LogP contribution in [0.15, 0.2) is 30.3 Å². The minimum Gasteiger partial charge on any atom is -0.378 e. The van der Waals surface area contributed by atoms with Crippen molar-refractivity contribution in [2.75, 3.05) is 7.11 Å². The fourth-order valence-corrected chi connectivity index (χ4v) is 2.42. The number of nitrogens with zero attached hydrogens (tertiary/aromatic N) is 2. The van der Waals surface area contributed by atoms with E-state index in [1.807, 2.05) is 30.3 Å². The molecule has 1 saturated carbocycles. The van der Waals surface area contributed by atoms with Gasteiger partial charge < -0.3 is 4.74 Å². The Morgan fingerprint density at radius 3 is 2.67 bits per heavy atom. The highest BCUT2D eigenvalue weighted by atomic mass is 16.5. The second-order valence-electron chi connectivity index (χ2n) is 4.89. The summed E-state index contributed by atoms with van der Waals surface area (Å²) in [5.74, 6) is 1.67. The Balaban J connectivity index is 1.78. The predicted octanol–water partition coefficient (Wildman–Crippen LogP) is 2.58. The molecule has 0 atom stereocenters. The molecular weight excluding hydrogens is 226 g/mol. The van der Waals surface area contributed by atoms with E-state index in [0.29, 0.717) is 0 Å². The van der Waals surface area contributed by atoms with Gasteiger partial charge in [0.1, 0.15) is 5.82 Å². The molecule has 94 valence electrons. The number of hydrogen-bond acceptors (Lipinski definition) is 3. The molecule has 0 spiro atoms. The van der Waals surface area contributed by atoms with E-state index in [-0.39, 0.29) is 5.60 Å². The number of ether oxygens (including phenoxy) is 1. The first-order valence-corrected chi connectivity index (χ1v) is 6.33. The van der Waals surface area contributed by atoms with E-state index in [1.54, 1.807) is 7.11 Å². The Morgan fingerprint density at radius 1 is 1.28 bits per heavy atom. The molecule has 3 rings (SSSR count). The molecule has 1 aliphatic carbocycles. The molecule has 1 heterocycles. The van der Waals surface area contributed by atoms with Crippen LogP contribution < -0.4 is 0 Å². The fourth-order valence-electron chi connectivity index (χ4n) is 2.42. The van der Waals surface area contributed by atoms with Crippen molar-refractivity contribution in [3.05, 3.63) is 36.2 Å². The van der Waals surface area contributed by atoms with Crippen LogP contribution in [0.2, 0.25) is 0 Å². The summed E-state index contributed by atoms with van der Waals surface area (Å²) in [6.07, 6.45) is 4.30. The van der Waals surface area contributed by atoms with Gasteiger partial charge in [0.25, 0.3) is 0 Å². The van der Waals surface area contributed by atoms with Gasteiger partial charge in [0, 0.05) is 19.1 Å². The molecule has 1 aromatic heterocycles. The number of methoxy groups -OCH3 is 1. The average molecular weight is 243 g/mol. The van der Waals surface area contributed by atoms with Gasteiger partial charge in [0.15, 0.2) is 5.82 Å². The third-order valence-corrected chi connectivity index (χ3v) is 3.75. The van der Waals surface area contributed by atoms with Crippen LogP contribution in [0.1, 0.15) is 25.1 Å². The zero-order valence-electron chi connectivity index (χ0n) is 10.5. The van der Waals surface area contributed by atoms with Gasteiger partial charge in [0.2, 0.25) is 0 Å². The third-order valence-electron chi connectivity index (χ3n) is 3.75. The summed E-state index contributed by atoms with van der Waals surface area (Å²) in [4.78, 5) is 4.55. The van der Waals surface area contributed by atoms with Crippen LogP contribution >= 0.6 is 0 Å². The lowest BCUT2D eigenvalue weighted by molar-refractivity contribution is -0.0720. The van der Waals surface area contributed by atoms with Crippen molar-refractivity contribution in [1.82, 2.24) is 15.2 Å². The Hall–Kier alpha value is -1.68. The van der Waals surface area contributed by atoms with Crippen molar-refractivity contribution in [2.45, 2.75) is 31.3 Å². The van der Waals surface area contributed by atoms with Gasteiger partial charge in [-0.05, 0) is 19.3 Å². The lowest BCUT2D eigenvalue weighted by Gasteiger charge is -2.39. The van der Waals surface area contributed by atoms with E-state index in [4.69, 9.17) is 4.74 Å². The second-order valence-corrected chi connectivity index (χ2v) is 4.89. The minimum absolute atomic E-state index is 0.00646. The van der Waals surface area contributed by atoms with Crippen molar-refractivity contribution in [3.8, 4) is 11.4 Å². The summed E-state index contributed by atoms with van der Waals surface area (Å²) in [6.45, 7) is 0. The van der Waals surface area contributed by atoms with Gasteiger partial charge in [-0.25, -0.2) is 4.98 Å². The van der Waals surface area contributed by atoms with Gasteiger partial charge in [-0.15, -0.1) is 0 Å². The summed E-state index contributed by atoms with van der Waals surface area (Å²) >= 11 is 0. The second kappa shape index (κ2) is 4.53. The highest BCUT2D eigenvalue weighted by molar-refractivity contribution is 5.53. The standard InChI is InChI=1S/C14H17N3O/c1-18-14(8-5-9-14)10-12-15-13(17-16-12)11-6-3-2-4-7-11/h2-4,6-7H,5,8-10H2,1H3,(H,15,16,17). The number of rotatable bonds is 4. The van der Waals surface area contributed by atoms with Gasteiger partial charge in [0.05, 0.1) is 5.60 Å². The highest BCUT2D eigenvalue weighted by Crippen LogP contribution is 2.37. The highest BCUT2D eigenvalue weighted by Gasteiger charge is 2.38.